The third kappa shape index (κ3) is 5.06. The van der Waals surface area contributed by atoms with Gasteiger partial charge >= 0.3 is 5.97 Å². The third-order valence-electron chi connectivity index (χ3n) is 3.58. The average molecular weight is 342 g/mol. The maximum atomic E-state index is 12.2. The lowest BCUT2D eigenvalue weighted by Crippen LogP contribution is -2.45. The van der Waals surface area contributed by atoms with Gasteiger partial charge in [0.15, 0.2) is 5.11 Å². The number of benzene rings is 2. The zero-order valence-corrected chi connectivity index (χ0v) is 14.8. The van der Waals surface area contributed by atoms with Crippen LogP contribution in [0.15, 0.2) is 60.7 Å². The Balaban J connectivity index is 2.17. The molecule has 0 bridgehead atoms. The molecule has 4 nitrogen and oxygen atoms in total. The van der Waals surface area contributed by atoms with Gasteiger partial charge in [0.1, 0.15) is 6.04 Å². The van der Waals surface area contributed by atoms with Gasteiger partial charge in [0.25, 0.3) is 0 Å². The van der Waals surface area contributed by atoms with Gasteiger partial charge in [-0.05, 0) is 43.8 Å². The Morgan fingerprint density at radius 3 is 2.29 bits per heavy atom. The van der Waals surface area contributed by atoms with E-state index in [4.69, 9.17) is 17.0 Å². The Bertz CT molecular complexity index is 662. The molecule has 0 spiro atoms. The van der Waals surface area contributed by atoms with Crippen molar-refractivity contribution in [3.05, 3.63) is 66.2 Å². The largest absolute Gasteiger partial charge is 0.464 e. The van der Waals surface area contributed by atoms with Crippen molar-refractivity contribution < 1.29 is 9.53 Å². The van der Waals surface area contributed by atoms with Crippen LogP contribution in [0.4, 0.5) is 5.69 Å². The fraction of sp³-hybridized carbons (Fsp3) is 0.263. The summed E-state index contributed by atoms with van der Waals surface area (Å²) in [5.74, 6) is -0.286. The van der Waals surface area contributed by atoms with Crippen molar-refractivity contribution >= 4 is 29.0 Å². The molecule has 0 heterocycles. The van der Waals surface area contributed by atoms with Crippen LogP contribution >= 0.6 is 12.2 Å². The number of nitrogens with one attached hydrogen (secondary N) is 1. The summed E-state index contributed by atoms with van der Waals surface area (Å²) in [6.07, 6.45) is 0. The summed E-state index contributed by atoms with van der Waals surface area (Å²) in [5.41, 5.74) is 1.96. The van der Waals surface area contributed by atoms with E-state index < -0.39 is 6.04 Å². The van der Waals surface area contributed by atoms with Gasteiger partial charge in [0.2, 0.25) is 0 Å². The van der Waals surface area contributed by atoms with Crippen LogP contribution in [0.2, 0.25) is 0 Å². The van der Waals surface area contributed by atoms with Crippen molar-refractivity contribution in [3.63, 3.8) is 0 Å². The summed E-state index contributed by atoms with van der Waals surface area (Å²) in [7, 11) is 0. The second kappa shape index (κ2) is 9.03. The number of para-hydroxylation sites is 1. The fourth-order valence-electron chi connectivity index (χ4n) is 2.27. The number of hydrogen-bond acceptors (Lipinski definition) is 3. The van der Waals surface area contributed by atoms with Gasteiger partial charge in [0, 0.05) is 12.2 Å². The monoisotopic (exact) mass is 342 g/mol. The van der Waals surface area contributed by atoms with Crippen LogP contribution in [0, 0.1) is 0 Å². The third-order valence-corrected chi connectivity index (χ3v) is 3.91. The molecule has 1 N–H and O–H groups in total. The lowest BCUT2D eigenvalue weighted by Gasteiger charge is -2.30. The van der Waals surface area contributed by atoms with E-state index in [-0.39, 0.29) is 5.97 Å². The Hall–Kier alpha value is -2.40. The standard InChI is InChI=1S/C19H22N2O2S/c1-3-23-18(22)15(2)21(14-16-10-6-4-7-11-16)19(24)20-17-12-8-5-9-13-17/h4-13,15H,3,14H2,1-2H3,(H,20,24). The topological polar surface area (TPSA) is 41.6 Å². The van der Waals surface area contributed by atoms with Crippen LogP contribution in [0.5, 0.6) is 0 Å². The smallest absolute Gasteiger partial charge is 0.328 e. The van der Waals surface area contributed by atoms with E-state index in [0.717, 1.165) is 11.3 Å². The summed E-state index contributed by atoms with van der Waals surface area (Å²) in [5, 5.41) is 3.68. The minimum absolute atomic E-state index is 0.286. The maximum Gasteiger partial charge on any atom is 0.328 e. The molecule has 2 rings (SSSR count). The summed E-state index contributed by atoms with van der Waals surface area (Å²) < 4.78 is 5.15. The molecule has 0 aliphatic heterocycles. The van der Waals surface area contributed by atoms with Gasteiger partial charge in [-0.1, -0.05) is 48.5 Å². The molecule has 0 aliphatic rings. The summed E-state index contributed by atoms with van der Waals surface area (Å²) in [4.78, 5) is 14.0. The van der Waals surface area contributed by atoms with E-state index in [0.29, 0.717) is 18.3 Å². The molecule has 0 saturated carbocycles. The van der Waals surface area contributed by atoms with E-state index in [1.807, 2.05) is 65.6 Å². The summed E-state index contributed by atoms with van der Waals surface area (Å²) in [6.45, 7) is 4.48. The summed E-state index contributed by atoms with van der Waals surface area (Å²) in [6, 6.07) is 19.1. The highest BCUT2D eigenvalue weighted by molar-refractivity contribution is 7.80. The predicted molar refractivity (Wildman–Crippen MR) is 101 cm³/mol. The van der Waals surface area contributed by atoms with Gasteiger partial charge in [0.05, 0.1) is 6.61 Å². The molecule has 2 aromatic rings. The predicted octanol–water partition coefficient (Wildman–Crippen LogP) is 3.84. The van der Waals surface area contributed by atoms with Gasteiger partial charge in [-0.2, -0.15) is 0 Å². The molecule has 0 aliphatic carbocycles. The van der Waals surface area contributed by atoms with Crippen molar-refractivity contribution in [2.75, 3.05) is 11.9 Å². The van der Waals surface area contributed by atoms with Crippen molar-refractivity contribution in [1.82, 2.24) is 4.90 Å². The fourth-order valence-corrected chi connectivity index (χ4v) is 2.61. The molecule has 2 aromatic carbocycles. The van der Waals surface area contributed by atoms with Crippen LogP contribution in [0.25, 0.3) is 0 Å². The normalized spacial score (nSPS) is 11.4. The number of carbonyl (C=O) groups excluding carboxylic acids is 1. The summed E-state index contributed by atoms with van der Waals surface area (Å²) >= 11 is 5.54. The van der Waals surface area contributed by atoms with Gasteiger partial charge < -0.3 is 15.0 Å². The van der Waals surface area contributed by atoms with Crippen LogP contribution in [0.1, 0.15) is 19.4 Å². The molecule has 0 radical (unpaired) electrons. The van der Waals surface area contributed by atoms with E-state index in [2.05, 4.69) is 5.32 Å². The quantitative estimate of drug-likeness (QED) is 0.638. The first-order valence-corrected chi connectivity index (χ1v) is 8.36. The van der Waals surface area contributed by atoms with E-state index in [9.17, 15) is 4.79 Å². The van der Waals surface area contributed by atoms with Gasteiger partial charge in [-0.25, -0.2) is 4.79 Å². The van der Waals surface area contributed by atoms with Crippen LogP contribution in [0.3, 0.4) is 0 Å². The molecule has 0 fully saturated rings. The Morgan fingerprint density at radius 2 is 1.71 bits per heavy atom. The minimum atomic E-state index is -0.478. The molecule has 0 aromatic heterocycles. The molecule has 5 heteroatoms. The second-order valence-electron chi connectivity index (χ2n) is 5.34. The van der Waals surface area contributed by atoms with Gasteiger partial charge in [-0.3, -0.25) is 0 Å². The molecule has 1 atom stereocenters. The molecule has 0 amide bonds. The average Bonchev–Trinajstić information content (AvgIpc) is 2.61. The number of hydrogen-bond donors (Lipinski definition) is 1. The Labute approximate surface area is 148 Å². The van der Waals surface area contributed by atoms with E-state index in [1.165, 1.54) is 0 Å². The van der Waals surface area contributed by atoms with Crippen LogP contribution < -0.4 is 5.32 Å². The lowest BCUT2D eigenvalue weighted by molar-refractivity contribution is -0.147. The zero-order valence-electron chi connectivity index (χ0n) is 13.9. The second-order valence-corrected chi connectivity index (χ2v) is 5.72. The van der Waals surface area contributed by atoms with Crippen LogP contribution in [-0.2, 0) is 16.1 Å². The number of anilines is 1. The molecule has 126 valence electrons. The Kier molecular flexibility index (Phi) is 6.75. The number of thiocarbonyl (C=S) groups is 1. The Morgan fingerprint density at radius 1 is 1.12 bits per heavy atom. The molecular weight excluding hydrogens is 320 g/mol. The first kappa shape index (κ1) is 17.9. The number of rotatable bonds is 6. The van der Waals surface area contributed by atoms with Crippen molar-refractivity contribution in [3.8, 4) is 0 Å². The first-order chi connectivity index (χ1) is 11.6. The molecular formula is C19H22N2O2S. The van der Waals surface area contributed by atoms with Crippen molar-refractivity contribution in [2.24, 2.45) is 0 Å². The highest BCUT2D eigenvalue weighted by Crippen LogP contribution is 2.14. The first-order valence-electron chi connectivity index (χ1n) is 7.95. The van der Waals surface area contributed by atoms with Crippen LogP contribution in [-0.4, -0.2) is 28.6 Å². The molecule has 1 unspecified atom stereocenters. The van der Waals surface area contributed by atoms with E-state index in [1.54, 1.807) is 13.8 Å². The van der Waals surface area contributed by atoms with Crippen molar-refractivity contribution in [1.29, 1.82) is 0 Å². The lowest BCUT2D eigenvalue weighted by atomic mass is 10.2. The highest BCUT2D eigenvalue weighted by Gasteiger charge is 2.25. The SMILES string of the molecule is CCOC(=O)C(C)N(Cc1ccccc1)C(=S)Nc1ccccc1. The number of esters is 1. The highest BCUT2D eigenvalue weighted by atomic mass is 32.1. The molecule has 0 saturated heterocycles. The van der Waals surface area contributed by atoms with Gasteiger partial charge in [-0.15, -0.1) is 0 Å². The number of ether oxygens (including phenoxy) is 1. The van der Waals surface area contributed by atoms with E-state index >= 15 is 0 Å². The maximum absolute atomic E-state index is 12.2. The zero-order chi connectivity index (χ0) is 17.4. The number of nitrogens with zero attached hydrogens (tertiary/aromatic N) is 1. The molecule has 24 heavy (non-hydrogen) atoms. The number of carbonyl (C=O) groups is 1. The van der Waals surface area contributed by atoms with Crippen molar-refractivity contribution in [2.45, 2.75) is 26.4 Å². The minimum Gasteiger partial charge on any atom is -0.464 e.